The molecule has 1 saturated heterocycles. The molecule has 3 aromatic rings. The second-order valence-corrected chi connectivity index (χ2v) is 7.50. The van der Waals surface area contributed by atoms with Gasteiger partial charge < -0.3 is 9.47 Å². The molecule has 0 aromatic heterocycles. The van der Waals surface area contributed by atoms with E-state index in [2.05, 4.69) is 0 Å². The first-order chi connectivity index (χ1) is 16.0. The van der Waals surface area contributed by atoms with Crippen LogP contribution in [0.1, 0.15) is 12.5 Å². The summed E-state index contributed by atoms with van der Waals surface area (Å²) in [5, 5.41) is 0.101. The smallest absolute Gasteiger partial charge is 0.270 e. The van der Waals surface area contributed by atoms with Gasteiger partial charge in [0.2, 0.25) is 0 Å². The third-order valence-electron chi connectivity index (χ3n) is 5.08. The summed E-state index contributed by atoms with van der Waals surface area (Å²) < 4.78 is 11.0. The quantitative estimate of drug-likeness (QED) is 0.301. The molecule has 0 unspecified atom stereocenters. The molecule has 7 heteroatoms. The molecule has 0 aliphatic carbocycles. The van der Waals surface area contributed by atoms with Gasteiger partial charge in [-0.1, -0.05) is 42.5 Å². The van der Waals surface area contributed by atoms with Gasteiger partial charge in [-0.05, 0) is 67.2 Å². The minimum atomic E-state index is -0.489. The molecule has 0 bridgehead atoms. The van der Waals surface area contributed by atoms with Gasteiger partial charge in [0.15, 0.2) is 16.6 Å². The van der Waals surface area contributed by atoms with E-state index in [9.17, 15) is 9.59 Å². The zero-order valence-electron chi connectivity index (χ0n) is 18.2. The van der Waals surface area contributed by atoms with Crippen molar-refractivity contribution in [1.82, 2.24) is 0 Å². The molecule has 0 spiro atoms. The highest BCUT2D eigenvalue weighted by atomic mass is 32.1. The van der Waals surface area contributed by atoms with Gasteiger partial charge in [0, 0.05) is 0 Å². The third kappa shape index (κ3) is 4.36. The maximum atomic E-state index is 13.5. The molecule has 0 atom stereocenters. The molecule has 3 aromatic carbocycles. The average Bonchev–Trinajstić information content (AvgIpc) is 2.84. The van der Waals surface area contributed by atoms with E-state index in [4.69, 9.17) is 21.7 Å². The van der Waals surface area contributed by atoms with E-state index in [-0.39, 0.29) is 10.7 Å². The molecule has 0 N–H and O–H groups in total. The van der Waals surface area contributed by atoms with Crippen LogP contribution in [-0.4, -0.2) is 30.6 Å². The van der Waals surface area contributed by atoms with Crippen molar-refractivity contribution < 1.29 is 19.1 Å². The van der Waals surface area contributed by atoms with E-state index in [0.717, 1.165) is 0 Å². The number of rotatable bonds is 6. The summed E-state index contributed by atoms with van der Waals surface area (Å²) in [5.41, 5.74) is 1.78. The Balaban J connectivity index is 1.84. The predicted molar refractivity (Wildman–Crippen MR) is 133 cm³/mol. The largest absolute Gasteiger partial charge is 0.493 e. The van der Waals surface area contributed by atoms with Gasteiger partial charge in [0.05, 0.1) is 25.1 Å². The Morgan fingerprint density at radius 1 is 0.818 bits per heavy atom. The van der Waals surface area contributed by atoms with Crippen LogP contribution in [0.15, 0.2) is 84.4 Å². The monoisotopic (exact) mass is 458 g/mol. The van der Waals surface area contributed by atoms with Gasteiger partial charge in [-0.3, -0.25) is 19.4 Å². The summed E-state index contributed by atoms with van der Waals surface area (Å²) in [5.74, 6) is 0.119. The molecule has 166 valence electrons. The van der Waals surface area contributed by atoms with E-state index in [1.54, 1.807) is 55.7 Å². The minimum absolute atomic E-state index is 0.0103. The van der Waals surface area contributed by atoms with Crippen LogP contribution in [0.5, 0.6) is 11.5 Å². The fourth-order valence-corrected chi connectivity index (χ4v) is 3.93. The van der Waals surface area contributed by atoms with E-state index in [1.807, 2.05) is 43.3 Å². The first-order valence-electron chi connectivity index (χ1n) is 10.4. The number of methoxy groups -OCH3 is 1. The molecule has 6 nitrogen and oxygen atoms in total. The maximum Gasteiger partial charge on any atom is 0.270 e. The van der Waals surface area contributed by atoms with Crippen molar-refractivity contribution in [1.29, 1.82) is 0 Å². The number of anilines is 2. The minimum Gasteiger partial charge on any atom is -0.493 e. The number of hydrogen-bond donors (Lipinski definition) is 0. The molecule has 0 radical (unpaired) electrons. The van der Waals surface area contributed by atoms with Gasteiger partial charge in [-0.25, -0.2) is 0 Å². The van der Waals surface area contributed by atoms with Crippen LogP contribution in [0.4, 0.5) is 11.4 Å². The van der Waals surface area contributed by atoms with Crippen molar-refractivity contribution in [3.8, 4) is 11.5 Å². The molecule has 2 amide bonds. The van der Waals surface area contributed by atoms with Crippen molar-refractivity contribution in [2.45, 2.75) is 6.92 Å². The van der Waals surface area contributed by atoms with Gasteiger partial charge in [0.25, 0.3) is 11.8 Å². The SMILES string of the molecule is CCOc1cc(C=C2C(=O)N(c3ccccc3)C(=S)N(c3ccccc3)C2=O)ccc1OC. The third-order valence-corrected chi connectivity index (χ3v) is 5.44. The van der Waals surface area contributed by atoms with Crippen molar-refractivity contribution in [3.05, 3.63) is 90.0 Å². The standard InChI is InChI=1S/C26H22N2O4S/c1-3-32-23-17-18(14-15-22(23)31-2)16-21-24(29)27(19-10-6-4-7-11-19)26(33)28(25(21)30)20-12-8-5-9-13-20/h4-17H,3H2,1-2H3. The highest BCUT2D eigenvalue weighted by molar-refractivity contribution is 7.81. The summed E-state index contributed by atoms with van der Waals surface area (Å²) in [6, 6.07) is 23.3. The lowest BCUT2D eigenvalue weighted by atomic mass is 10.0. The van der Waals surface area contributed by atoms with Gasteiger partial charge >= 0.3 is 0 Å². The summed E-state index contributed by atoms with van der Waals surface area (Å²) in [6.45, 7) is 2.32. The molecule has 4 rings (SSSR count). The molecular weight excluding hydrogens is 436 g/mol. The summed E-state index contributed by atoms with van der Waals surface area (Å²) in [4.78, 5) is 29.8. The zero-order valence-corrected chi connectivity index (χ0v) is 19.0. The van der Waals surface area contributed by atoms with Crippen LogP contribution in [0, 0.1) is 0 Å². The Morgan fingerprint density at radius 2 is 1.36 bits per heavy atom. The normalized spacial score (nSPS) is 13.9. The van der Waals surface area contributed by atoms with Crippen LogP contribution in [0.2, 0.25) is 0 Å². The lowest BCUT2D eigenvalue weighted by molar-refractivity contribution is -0.120. The number of benzene rings is 3. The van der Waals surface area contributed by atoms with Crippen molar-refractivity contribution >= 4 is 46.6 Å². The molecule has 1 aliphatic heterocycles. The Labute approximate surface area is 197 Å². The Kier molecular flexibility index (Phi) is 6.51. The molecule has 1 heterocycles. The summed E-state index contributed by atoms with van der Waals surface area (Å²) in [7, 11) is 1.56. The lowest BCUT2D eigenvalue weighted by Gasteiger charge is -2.36. The van der Waals surface area contributed by atoms with Crippen LogP contribution in [0.3, 0.4) is 0 Å². The summed E-state index contributed by atoms with van der Waals surface area (Å²) in [6.07, 6.45) is 1.56. The van der Waals surface area contributed by atoms with Crippen LogP contribution in [0.25, 0.3) is 6.08 Å². The molecule has 0 saturated carbocycles. The second kappa shape index (κ2) is 9.67. The van der Waals surface area contributed by atoms with Crippen molar-refractivity contribution in [2.24, 2.45) is 0 Å². The number of carbonyl (C=O) groups excluding carboxylic acids is 2. The highest BCUT2D eigenvalue weighted by Crippen LogP contribution is 2.32. The van der Waals surface area contributed by atoms with Crippen LogP contribution >= 0.6 is 12.2 Å². The van der Waals surface area contributed by atoms with E-state index < -0.39 is 11.8 Å². The first-order valence-corrected chi connectivity index (χ1v) is 10.8. The fourth-order valence-electron chi connectivity index (χ4n) is 3.56. The number of nitrogens with zero attached hydrogens (tertiary/aromatic N) is 2. The van der Waals surface area contributed by atoms with Gasteiger partial charge in [-0.2, -0.15) is 0 Å². The summed E-state index contributed by atoms with van der Waals surface area (Å²) >= 11 is 5.62. The molecule has 1 aliphatic rings. The van der Waals surface area contributed by atoms with Crippen LogP contribution < -0.4 is 19.3 Å². The number of carbonyl (C=O) groups is 2. The molecular formula is C26H22N2O4S. The molecule has 1 fully saturated rings. The number of para-hydroxylation sites is 2. The Hall–Kier alpha value is -3.97. The maximum absolute atomic E-state index is 13.5. The zero-order chi connectivity index (χ0) is 23.4. The Morgan fingerprint density at radius 3 is 1.85 bits per heavy atom. The predicted octanol–water partition coefficient (Wildman–Crippen LogP) is 4.84. The molecule has 33 heavy (non-hydrogen) atoms. The number of amides is 2. The van der Waals surface area contributed by atoms with E-state index in [0.29, 0.717) is 35.0 Å². The first kappa shape index (κ1) is 22.2. The van der Waals surface area contributed by atoms with Gasteiger partial charge in [0.1, 0.15) is 5.57 Å². The van der Waals surface area contributed by atoms with Crippen LogP contribution in [-0.2, 0) is 9.59 Å². The van der Waals surface area contributed by atoms with Gasteiger partial charge in [-0.15, -0.1) is 0 Å². The fraction of sp³-hybridized carbons (Fsp3) is 0.115. The topological polar surface area (TPSA) is 59.1 Å². The van der Waals surface area contributed by atoms with Crippen molar-refractivity contribution in [2.75, 3.05) is 23.5 Å². The number of ether oxygens (including phenoxy) is 2. The Bertz CT molecular complexity index is 1160. The number of thiocarbonyl (C=S) groups is 1. The van der Waals surface area contributed by atoms with Crippen molar-refractivity contribution in [3.63, 3.8) is 0 Å². The number of hydrogen-bond acceptors (Lipinski definition) is 5. The highest BCUT2D eigenvalue weighted by Gasteiger charge is 2.41. The lowest BCUT2D eigenvalue weighted by Crippen LogP contribution is -2.56. The van der Waals surface area contributed by atoms with E-state index in [1.165, 1.54) is 9.80 Å². The average molecular weight is 459 g/mol. The van der Waals surface area contributed by atoms with E-state index >= 15 is 0 Å². The second-order valence-electron chi connectivity index (χ2n) is 7.14.